The van der Waals surface area contributed by atoms with Gasteiger partial charge in [0.05, 0.1) is 14.2 Å². The fourth-order valence-electron chi connectivity index (χ4n) is 3.40. The minimum Gasteiger partial charge on any atom is -0.497 e. The molecule has 0 aliphatic rings. The van der Waals surface area contributed by atoms with Crippen LogP contribution >= 0.6 is 7.37 Å². The molecule has 31 heavy (non-hydrogen) atoms. The monoisotopic (exact) mass is 440 g/mol. The molecule has 0 aliphatic carbocycles. The highest BCUT2D eigenvalue weighted by atomic mass is 31.2. The van der Waals surface area contributed by atoms with E-state index in [1.54, 1.807) is 20.3 Å². The molecule has 0 bridgehead atoms. The molecule has 164 valence electrons. The van der Waals surface area contributed by atoms with Crippen molar-refractivity contribution in [3.63, 3.8) is 0 Å². The van der Waals surface area contributed by atoms with Crippen molar-refractivity contribution in [3.05, 3.63) is 78.4 Å². The van der Waals surface area contributed by atoms with Crippen LogP contribution in [0.25, 0.3) is 0 Å². The number of hydrogen-bond acceptors (Lipinski definition) is 6. The number of methoxy groups -OCH3 is 2. The fourth-order valence-corrected chi connectivity index (χ4v) is 5.58. The maximum absolute atomic E-state index is 14.4. The summed E-state index contributed by atoms with van der Waals surface area (Å²) in [6, 6.07) is 22.7. The predicted molar refractivity (Wildman–Crippen MR) is 127 cm³/mol. The van der Waals surface area contributed by atoms with Gasteiger partial charge >= 0.3 is 0 Å². The van der Waals surface area contributed by atoms with E-state index in [1.165, 1.54) is 7.11 Å². The third-order valence-electron chi connectivity index (χ3n) is 5.15. The van der Waals surface area contributed by atoms with Gasteiger partial charge in [0.15, 0.2) is 0 Å². The molecule has 0 amide bonds. The van der Waals surface area contributed by atoms with Gasteiger partial charge in [0.2, 0.25) is 0 Å². The Morgan fingerprint density at radius 3 is 2.10 bits per heavy atom. The Morgan fingerprint density at radius 2 is 1.55 bits per heavy atom. The molecular formula is C24H29N2O4P. The Bertz CT molecular complexity index is 1040. The number of hydrogen-bond donors (Lipinski definition) is 1. The van der Waals surface area contributed by atoms with E-state index in [-0.39, 0.29) is 0 Å². The van der Waals surface area contributed by atoms with Crippen molar-refractivity contribution in [2.75, 3.05) is 45.6 Å². The topological polar surface area (TPSA) is 60.0 Å². The normalized spacial score (nSPS) is 13.7. The zero-order valence-electron chi connectivity index (χ0n) is 18.5. The Kier molecular flexibility index (Phi) is 7.26. The van der Waals surface area contributed by atoms with Crippen LogP contribution in [0.4, 0.5) is 11.4 Å². The first-order chi connectivity index (χ1) is 14.9. The molecule has 3 aromatic rings. The number of benzene rings is 3. The SMILES string of the molecule is COc1ccc(C(Nc2ccccc2)P(=O)(OC)c2ccc(N(C)C)cc2)c(OC)c1. The van der Waals surface area contributed by atoms with Gasteiger partial charge in [-0.05, 0) is 48.5 Å². The maximum atomic E-state index is 14.4. The molecule has 3 aromatic carbocycles. The quantitative estimate of drug-likeness (QED) is 0.466. The molecule has 2 atom stereocenters. The molecular weight excluding hydrogens is 411 g/mol. The lowest BCUT2D eigenvalue weighted by atomic mass is 10.1. The third-order valence-corrected chi connectivity index (χ3v) is 7.80. The van der Waals surface area contributed by atoms with E-state index >= 15 is 0 Å². The van der Waals surface area contributed by atoms with Gasteiger partial charge in [-0.25, -0.2) is 0 Å². The lowest BCUT2D eigenvalue weighted by Gasteiger charge is -2.30. The van der Waals surface area contributed by atoms with Gasteiger partial charge < -0.3 is 24.2 Å². The Balaban J connectivity index is 2.15. The molecule has 0 saturated carbocycles. The molecule has 0 heterocycles. The summed E-state index contributed by atoms with van der Waals surface area (Å²) in [5, 5.41) is 4.03. The van der Waals surface area contributed by atoms with Gasteiger partial charge in [0.25, 0.3) is 7.37 Å². The molecule has 0 radical (unpaired) electrons. The molecule has 1 N–H and O–H groups in total. The Hall–Kier alpha value is -2.95. The average molecular weight is 440 g/mol. The number of anilines is 2. The van der Waals surface area contributed by atoms with E-state index in [0.717, 1.165) is 11.4 Å². The van der Waals surface area contributed by atoms with Crippen LogP contribution in [0.15, 0.2) is 72.8 Å². The zero-order chi connectivity index (χ0) is 22.4. The molecule has 7 heteroatoms. The molecule has 0 fully saturated rings. The minimum atomic E-state index is -3.41. The van der Waals surface area contributed by atoms with E-state index in [9.17, 15) is 4.57 Å². The fraction of sp³-hybridized carbons (Fsp3) is 0.250. The summed E-state index contributed by atoms with van der Waals surface area (Å²) < 4.78 is 31.1. The van der Waals surface area contributed by atoms with Crippen molar-refractivity contribution in [2.24, 2.45) is 0 Å². The first-order valence-corrected chi connectivity index (χ1v) is 11.6. The van der Waals surface area contributed by atoms with Crippen molar-refractivity contribution in [1.82, 2.24) is 0 Å². The standard InChI is InChI=1S/C24H29N2O4P/c1-26(2)19-11-14-21(15-12-19)31(27,30-5)24(25-18-9-7-6-8-10-18)22-16-13-20(28-3)17-23(22)29-4/h6-17,24-25H,1-5H3. The molecule has 0 aliphatic heterocycles. The van der Waals surface area contributed by atoms with Crippen LogP contribution in [-0.4, -0.2) is 35.4 Å². The first-order valence-electron chi connectivity index (χ1n) is 9.90. The number of nitrogens with one attached hydrogen (secondary N) is 1. The van der Waals surface area contributed by atoms with Crippen molar-refractivity contribution < 1.29 is 18.6 Å². The van der Waals surface area contributed by atoms with Gasteiger partial charge in [0, 0.05) is 49.5 Å². The van der Waals surface area contributed by atoms with E-state index in [4.69, 9.17) is 14.0 Å². The van der Waals surface area contributed by atoms with Gasteiger partial charge in [-0.1, -0.05) is 18.2 Å². The predicted octanol–water partition coefficient (Wildman–Crippen LogP) is 5.13. The number of rotatable bonds is 9. The second kappa shape index (κ2) is 9.90. The molecule has 6 nitrogen and oxygen atoms in total. The second-order valence-electron chi connectivity index (χ2n) is 7.21. The second-order valence-corrected chi connectivity index (χ2v) is 9.80. The van der Waals surface area contributed by atoms with E-state index in [0.29, 0.717) is 22.4 Å². The van der Waals surface area contributed by atoms with Crippen LogP contribution in [-0.2, 0) is 9.09 Å². The third kappa shape index (κ3) is 4.87. The van der Waals surface area contributed by atoms with Crippen molar-refractivity contribution in [1.29, 1.82) is 0 Å². The summed E-state index contributed by atoms with van der Waals surface area (Å²) >= 11 is 0. The molecule has 0 saturated heterocycles. The summed E-state index contributed by atoms with van der Waals surface area (Å²) in [7, 11) is 5.18. The lowest BCUT2D eigenvalue weighted by Crippen LogP contribution is -2.21. The minimum absolute atomic E-state index is 0.565. The van der Waals surface area contributed by atoms with Crippen LogP contribution in [0.1, 0.15) is 11.3 Å². The molecule has 0 spiro atoms. The van der Waals surface area contributed by atoms with Crippen molar-refractivity contribution in [2.45, 2.75) is 5.78 Å². The molecule has 2 unspecified atom stereocenters. The largest absolute Gasteiger partial charge is 0.497 e. The summed E-state index contributed by atoms with van der Waals surface area (Å²) in [6.07, 6.45) is 0. The number of ether oxygens (including phenoxy) is 2. The zero-order valence-corrected chi connectivity index (χ0v) is 19.4. The highest BCUT2D eigenvalue weighted by Gasteiger charge is 2.38. The van der Waals surface area contributed by atoms with Gasteiger partial charge in [-0.15, -0.1) is 0 Å². The number of para-hydroxylation sites is 1. The van der Waals surface area contributed by atoms with E-state index < -0.39 is 13.2 Å². The van der Waals surface area contributed by atoms with Gasteiger partial charge in [0.1, 0.15) is 17.3 Å². The molecule has 3 rings (SSSR count). The highest BCUT2D eigenvalue weighted by Crippen LogP contribution is 2.60. The van der Waals surface area contributed by atoms with Crippen LogP contribution in [0.2, 0.25) is 0 Å². The van der Waals surface area contributed by atoms with E-state index in [1.807, 2.05) is 85.7 Å². The Morgan fingerprint density at radius 1 is 0.871 bits per heavy atom. The maximum Gasteiger partial charge on any atom is 0.257 e. The first kappa shape index (κ1) is 22.7. The van der Waals surface area contributed by atoms with Crippen LogP contribution in [0.5, 0.6) is 11.5 Å². The van der Waals surface area contributed by atoms with Crippen molar-refractivity contribution >= 4 is 24.0 Å². The number of nitrogens with zero attached hydrogens (tertiary/aromatic N) is 1. The summed E-state index contributed by atoms with van der Waals surface area (Å²) in [4.78, 5) is 1.99. The highest BCUT2D eigenvalue weighted by molar-refractivity contribution is 7.67. The Labute approximate surface area is 184 Å². The summed E-state index contributed by atoms with van der Waals surface area (Å²) in [5.41, 5.74) is 2.56. The van der Waals surface area contributed by atoms with Gasteiger partial charge in [-0.2, -0.15) is 0 Å². The van der Waals surface area contributed by atoms with Crippen LogP contribution in [0, 0.1) is 0 Å². The van der Waals surface area contributed by atoms with E-state index in [2.05, 4.69) is 5.32 Å². The average Bonchev–Trinajstić information content (AvgIpc) is 2.82. The summed E-state index contributed by atoms with van der Waals surface area (Å²) in [5.74, 6) is 0.544. The van der Waals surface area contributed by atoms with Crippen LogP contribution in [0.3, 0.4) is 0 Å². The van der Waals surface area contributed by atoms with Crippen molar-refractivity contribution in [3.8, 4) is 11.5 Å². The van der Waals surface area contributed by atoms with Gasteiger partial charge in [-0.3, -0.25) is 4.57 Å². The summed E-state index contributed by atoms with van der Waals surface area (Å²) in [6.45, 7) is 0. The smallest absolute Gasteiger partial charge is 0.257 e. The van der Waals surface area contributed by atoms with Crippen LogP contribution < -0.4 is 25.0 Å². The molecule has 0 aromatic heterocycles. The lowest BCUT2D eigenvalue weighted by molar-refractivity contribution is 0.382.